The Hall–Kier alpha value is -1.84. The molecule has 0 bridgehead atoms. The van der Waals surface area contributed by atoms with Gasteiger partial charge in [-0.3, -0.25) is 0 Å². The lowest BCUT2D eigenvalue weighted by molar-refractivity contribution is 0.274. The van der Waals surface area contributed by atoms with Crippen molar-refractivity contribution in [2.45, 2.75) is 23.8 Å². The quantitative estimate of drug-likeness (QED) is 0.721. The lowest BCUT2D eigenvalue weighted by atomic mass is 10.1. The van der Waals surface area contributed by atoms with E-state index < -0.39 is 10.0 Å². The molecule has 9 heteroatoms. The topological polar surface area (TPSA) is 81.0 Å². The highest BCUT2D eigenvalue weighted by molar-refractivity contribution is 7.89. The molecule has 0 N–H and O–H groups in total. The van der Waals surface area contributed by atoms with Crippen LogP contribution < -0.4 is 0 Å². The summed E-state index contributed by atoms with van der Waals surface area (Å²) in [5.41, 5.74) is 1.10. The average molecular weight is 349 g/mol. The maximum absolute atomic E-state index is 12.9. The Morgan fingerprint density at radius 2 is 2.00 bits per heavy atom. The van der Waals surface area contributed by atoms with E-state index in [9.17, 15) is 8.42 Å². The van der Waals surface area contributed by atoms with E-state index in [1.165, 1.54) is 0 Å². The molecule has 0 radical (unpaired) electrons. The van der Waals surface area contributed by atoms with Crippen molar-refractivity contribution in [3.63, 3.8) is 0 Å². The smallest absolute Gasteiger partial charge is 0.245 e. The van der Waals surface area contributed by atoms with Crippen LogP contribution in [-0.2, 0) is 10.0 Å². The van der Waals surface area contributed by atoms with Crippen molar-refractivity contribution in [2.24, 2.45) is 0 Å². The minimum absolute atomic E-state index is 0.254. The van der Waals surface area contributed by atoms with Crippen LogP contribution in [0.4, 0.5) is 0 Å². The fourth-order valence-electron chi connectivity index (χ4n) is 2.99. The van der Waals surface area contributed by atoms with Crippen LogP contribution in [0.2, 0.25) is 0 Å². The fourth-order valence-corrected chi connectivity index (χ4v) is 5.22. The highest BCUT2D eigenvalue weighted by atomic mass is 32.2. The van der Waals surface area contributed by atoms with E-state index in [4.69, 9.17) is 0 Å². The monoisotopic (exact) mass is 349 g/mol. The summed E-state index contributed by atoms with van der Waals surface area (Å²) in [6, 6.07) is 5.42. The number of benzene rings is 1. The molecule has 0 amide bonds. The zero-order valence-corrected chi connectivity index (χ0v) is 13.9. The van der Waals surface area contributed by atoms with Gasteiger partial charge in [-0.2, -0.15) is 13.1 Å². The summed E-state index contributed by atoms with van der Waals surface area (Å²) < 4.78 is 37.7. The first-order chi connectivity index (χ1) is 11.2. The predicted molar refractivity (Wildman–Crippen MR) is 86.7 cm³/mol. The van der Waals surface area contributed by atoms with Crippen LogP contribution in [0, 0.1) is 0 Å². The third kappa shape index (κ3) is 2.54. The Balaban J connectivity index is 1.59. The molecule has 7 nitrogen and oxygen atoms in total. The summed E-state index contributed by atoms with van der Waals surface area (Å²) >= 11 is 1.04. The molecule has 0 atom stereocenters. The van der Waals surface area contributed by atoms with Gasteiger partial charge >= 0.3 is 0 Å². The summed E-state index contributed by atoms with van der Waals surface area (Å²) in [5, 5.41) is 0. The van der Waals surface area contributed by atoms with Crippen LogP contribution in [-0.4, -0.2) is 44.1 Å². The number of piperidine rings is 1. The Bertz CT molecular complexity index is 912. The number of aromatic nitrogens is 4. The highest BCUT2D eigenvalue weighted by Crippen LogP contribution is 2.29. The van der Waals surface area contributed by atoms with Gasteiger partial charge in [0.05, 0.1) is 18.1 Å². The van der Waals surface area contributed by atoms with E-state index in [2.05, 4.69) is 18.3 Å². The number of fused-ring (bicyclic) bond motifs is 1. The first kappa shape index (κ1) is 14.7. The Kier molecular flexibility index (Phi) is 3.63. The maximum Gasteiger partial charge on any atom is 0.245 e. The van der Waals surface area contributed by atoms with Gasteiger partial charge in [-0.15, -0.1) is 0 Å². The second-order valence-corrected chi connectivity index (χ2v) is 7.97. The van der Waals surface area contributed by atoms with Crippen molar-refractivity contribution in [1.29, 1.82) is 0 Å². The van der Waals surface area contributed by atoms with Crippen molar-refractivity contribution < 1.29 is 8.42 Å². The van der Waals surface area contributed by atoms with Gasteiger partial charge < -0.3 is 4.57 Å². The Labute approximate surface area is 138 Å². The molecular weight excluding hydrogens is 334 g/mol. The number of rotatable bonds is 3. The molecule has 1 saturated heterocycles. The van der Waals surface area contributed by atoms with E-state index in [0.717, 1.165) is 24.6 Å². The normalized spacial score (nSPS) is 17.7. The van der Waals surface area contributed by atoms with Crippen LogP contribution in [0.5, 0.6) is 0 Å². The molecule has 3 aromatic rings. The van der Waals surface area contributed by atoms with Gasteiger partial charge in [-0.1, -0.05) is 6.07 Å². The van der Waals surface area contributed by atoms with Crippen LogP contribution in [0.1, 0.15) is 18.9 Å². The Morgan fingerprint density at radius 3 is 2.74 bits per heavy atom. The van der Waals surface area contributed by atoms with Gasteiger partial charge in [0.15, 0.2) is 0 Å². The summed E-state index contributed by atoms with van der Waals surface area (Å²) in [4.78, 5) is 4.31. The first-order valence-corrected chi connectivity index (χ1v) is 9.52. The van der Waals surface area contributed by atoms with Gasteiger partial charge in [0.2, 0.25) is 10.0 Å². The van der Waals surface area contributed by atoms with E-state index in [1.807, 2.05) is 6.20 Å². The SMILES string of the molecule is O=S(=O)(c1cccc2nsnc12)N1CCC(n2ccnc2)CC1. The first-order valence-electron chi connectivity index (χ1n) is 7.35. The third-order valence-electron chi connectivity index (χ3n) is 4.24. The second-order valence-electron chi connectivity index (χ2n) is 5.53. The number of sulfonamides is 1. The van der Waals surface area contributed by atoms with E-state index in [0.29, 0.717) is 30.2 Å². The fraction of sp³-hybridized carbons (Fsp3) is 0.357. The predicted octanol–water partition coefficient (Wildman–Crippen LogP) is 1.91. The van der Waals surface area contributed by atoms with Crippen LogP contribution in [0.3, 0.4) is 0 Å². The lowest BCUT2D eigenvalue weighted by Crippen LogP contribution is -2.39. The molecular formula is C14H15N5O2S2. The molecule has 0 aliphatic carbocycles. The molecule has 0 spiro atoms. The van der Waals surface area contributed by atoms with E-state index in [1.54, 1.807) is 35.0 Å². The summed E-state index contributed by atoms with van der Waals surface area (Å²) in [7, 11) is -3.54. The van der Waals surface area contributed by atoms with Gasteiger partial charge in [0.25, 0.3) is 0 Å². The van der Waals surface area contributed by atoms with Crippen LogP contribution in [0.25, 0.3) is 11.0 Å². The van der Waals surface area contributed by atoms with Gasteiger partial charge in [0.1, 0.15) is 15.9 Å². The minimum atomic E-state index is -3.54. The van der Waals surface area contributed by atoms with Crippen molar-refractivity contribution in [1.82, 2.24) is 22.6 Å². The van der Waals surface area contributed by atoms with Gasteiger partial charge in [0, 0.05) is 31.5 Å². The van der Waals surface area contributed by atoms with Gasteiger partial charge in [-0.25, -0.2) is 13.4 Å². The van der Waals surface area contributed by atoms with E-state index in [-0.39, 0.29) is 4.90 Å². The van der Waals surface area contributed by atoms with Crippen LogP contribution >= 0.6 is 11.7 Å². The number of imidazole rings is 1. The van der Waals surface area contributed by atoms with Crippen molar-refractivity contribution in [3.05, 3.63) is 36.9 Å². The molecule has 4 rings (SSSR count). The minimum Gasteiger partial charge on any atom is -0.334 e. The molecule has 2 aromatic heterocycles. The third-order valence-corrected chi connectivity index (χ3v) is 6.71. The van der Waals surface area contributed by atoms with Crippen molar-refractivity contribution in [2.75, 3.05) is 13.1 Å². The lowest BCUT2D eigenvalue weighted by Gasteiger charge is -2.31. The maximum atomic E-state index is 12.9. The largest absolute Gasteiger partial charge is 0.334 e. The number of hydrogen-bond donors (Lipinski definition) is 0. The molecule has 0 saturated carbocycles. The molecule has 1 fully saturated rings. The molecule has 23 heavy (non-hydrogen) atoms. The number of hydrogen-bond acceptors (Lipinski definition) is 6. The average Bonchev–Trinajstić information content (AvgIpc) is 3.26. The summed E-state index contributed by atoms with van der Waals surface area (Å²) in [5.74, 6) is 0. The molecule has 1 aliphatic heterocycles. The molecule has 120 valence electrons. The molecule has 1 aromatic carbocycles. The van der Waals surface area contributed by atoms with Crippen molar-refractivity contribution in [3.8, 4) is 0 Å². The highest BCUT2D eigenvalue weighted by Gasteiger charge is 2.31. The molecule has 1 aliphatic rings. The molecule has 3 heterocycles. The Morgan fingerprint density at radius 1 is 1.17 bits per heavy atom. The zero-order valence-electron chi connectivity index (χ0n) is 12.2. The second kappa shape index (κ2) is 5.66. The number of nitrogens with zero attached hydrogens (tertiary/aromatic N) is 5. The van der Waals surface area contributed by atoms with E-state index >= 15 is 0 Å². The zero-order chi connectivity index (χ0) is 15.9. The van der Waals surface area contributed by atoms with Gasteiger partial charge in [-0.05, 0) is 25.0 Å². The molecule has 0 unspecified atom stereocenters. The van der Waals surface area contributed by atoms with Crippen LogP contribution in [0.15, 0.2) is 41.8 Å². The summed E-state index contributed by atoms with van der Waals surface area (Å²) in [6.07, 6.45) is 7.02. The summed E-state index contributed by atoms with van der Waals surface area (Å²) in [6.45, 7) is 0.998. The van der Waals surface area contributed by atoms with Crippen molar-refractivity contribution >= 4 is 32.8 Å². The standard InChI is InChI=1S/C14H15N5O2S2/c20-23(21,13-3-1-2-12-14(13)17-22-16-12)19-7-4-11(5-8-19)18-9-6-15-10-18/h1-3,6,9-11H,4-5,7-8H2.